The fourth-order valence-electron chi connectivity index (χ4n) is 0.715. The van der Waals surface area contributed by atoms with Crippen LogP contribution < -0.4 is 0 Å². The second-order valence-electron chi connectivity index (χ2n) is 2.75. The Balaban J connectivity index is 0. The number of amides is 1. The van der Waals surface area contributed by atoms with Crippen LogP contribution in [0.15, 0.2) is 9.98 Å². The number of hydrogen-bond acceptors (Lipinski definition) is 3. The molecule has 0 saturated carbocycles. The smallest absolute Gasteiger partial charge is 0.219 e. The fraction of sp³-hybridized carbons (Fsp3) is 0.778. The zero-order valence-electron chi connectivity index (χ0n) is 8.99. The molecule has 14 heavy (non-hydrogen) atoms. The third kappa shape index (κ3) is 9.23. The van der Waals surface area contributed by atoms with Gasteiger partial charge in [0.25, 0.3) is 0 Å². The van der Waals surface area contributed by atoms with Crippen LogP contribution >= 0.6 is 12.4 Å². The highest BCUT2D eigenvalue weighted by atomic mass is 35.5. The van der Waals surface area contributed by atoms with Crippen LogP contribution in [0.3, 0.4) is 0 Å². The van der Waals surface area contributed by atoms with E-state index in [4.69, 9.17) is 0 Å². The van der Waals surface area contributed by atoms with E-state index in [1.165, 1.54) is 0 Å². The van der Waals surface area contributed by atoms with Gasteiger partial charge in [0.1, 0.15) is 0 Å². The molecule has 0 aliphatic heterocycles. The average molecular weight is 220 g/mol. The molecule has 0 radical (unpaired) electrons. The van der Waals surface area contributed by atoms with E-state index in [9.17, 15) is 4.79 Å². The van der Waals surface area contributed by atoms with Crippen molar-refractivity contribution in [2.24, 2.45) is 9.98 Å². The van der Waals surface area contributed by atoms with Crippen LogP contribution in [0.1, 0.15) is 20.3 Å². The van der Waals surface area contributed by atoms with Gasteiger partial charge in [0.2, 0.25) is 5.91 Å². The Morgan fingerprint density at radius 3 is 2.57 bits per heavy atom. The topological polar surface area (TPSA) is 45.0 Å². The van der Waals surface area contributed by atoms with Gasteiger partial charge in [-0.1, -0.05) is 0 Å². The predicted octanol–water partition coefficient (Wildman–Crippen LogP) is 1.47. The van der Waals surface area contributed by atoms with Crippen LogP contribution in [0.2, 0.25) is 0 Å². The quantitative estimate of drug-likeness (QED) is 0.510. The van der Waals surface area contributed by atoms with Crippen molar-refractivity contribution >= 4 is 24.3 Å². The normalized spacial score (nSPS) is 8.21. The van der Waals surface area contributed by atoms with Gasteiger partial charge in [-0.15, -0.1) is 12.4 Å². The first-order chi connectivity index (χ1) is 6.18. The van der Waals surface area contributed by atoms with E-state index in [1.807, 2.05) is 6.92 Å². The van der Waals surface area contributed by atoms with Gasteiger partial charge in [0.05, 0.1) is 12.6 Å². The second-order valence-corrected chi connectivity index (χ2v) is 2.75. The second kappa shape index (κ2) is 10.2. The minimum atomic E-state index is 0. The van der Waals surface area contributed by atoms with Crippen molar-refractivity contribution < 1.29 is 4.79 Å². The van der Waals surface area contributed by atoms with Crippen LogP contribution in [-0.4, -0.2) is 43.5 Å². The van der Waals surface area contributed by atoms with Gasteiger partial charge in [0.15, 0.2) is 0 Å². The van der Waals surface area contributed by atoms with E-state index in [2.05, 4.69) is 16.0 Å². The first kappa shape index (κ1) is 15.6. The number of rotatable bonds is 5. The summed E-state index contributed by atoms with van der Waals surface area (Å²) in [6, 6.07) is 2.58. The van der Waals surface area contributed by atoms with E-state index >= 15 is 0 Å². The lowest BCUT2D eigenvalue weighted by Gasteiger charge is -2.12. The molecule has 82 valence electrons. The number of aliphatic imine (C=N–C) groups is 2. The summed E-state index contributed by atoms with van der Waals surface area (Å²) < 4.78 is 0. The molecule has 4 nitrogen and oxygen atoms in total. The Labute approximate surface area is 91.5 Å². The number of carbonyl (C=O) groups excluding carboxylic acids is 1. The molecule has 0 N–H and O–H groups in total. The number of carbonyl (C=O) groups is 1. The van der Waals surface area contributed by atoms with Gasteiger partial charge < -0.3 is 4.90 Å². The first-order valence-electron chi connectivity index (χ1n) is 4.48. The van der Waals surface area contributed by atoms with Crippen molar-refractivity contribution in [1.82, 2.24) is 4.90 Å². The largest absolute Gasteiger partial charge is 0.346 e. The van der Waals surface area contributed by atoms with Crippen LogP contribution in [0.5, 0.6) is 0 Å². The maximum Gasteiger partial charge on any atom is 0.219 e. The SMILES string of the molecule is CCN=C=NCCCN(C)C(C)=O.Cl. The van der Waals surface area contributed by atoms with Gasteiger partial charge in [-0.3, -0.25) is 4.79 Å². The van der Waals surface area contributed by atoms with Crippen LogP contribution in [-0.2, 0) is 4.79 Å². The third-order valence-corrected chi connectivity index (χ3v) is 1.60. The van der Waals surface area contributed by atoms with Crippen LogP contribution in [0.25, 0.3) is 0 Å². The minimum absolute atomic E-state index is 0. The van der Waals surface area contributed by atoms with Crippen molar-refractivity contribution in [3.63, 3.8) is 0 Å². The molecule has 0 heterocycles. The van der Waals surface area contributed by atoms with Crippen molar-refractivity contribution in [1.29, 1.82) is 0 Å². The van der Waals surface area contributed by atoms with E-state index in [0.29, 0.717) is 6.54 Å². The Morgan fingerprint density at radius 2 is 2.07 bits per heavy atom. The third-order valence-electron chi connectivity index (χ3n) is 1.60. The van der Waals surface area contributed by atoms with Gasteiger partial charge in [-0.2, -0.15) is 0 Å². The van der Waals surface area contributed by atoms with Crippen LogP contribution in [0, 0.1) is 0 Å². The zero-order valence-corrected chi connectivity index (χ0v) is 9.80. The number of hydrogen-bond donors (Lipinski definition) is 0. The summed E-state index contributed by atoms with van der Waals surface area (Å²) >= 11 is 0. The number of nitrogens with zero attached hydrogens (tertiary/aromatic N) is 3. The minimum Gasteiger partial charge on any atom is -0.346 e. The standard InChI is InChI=1S/C9H17N3O.ClH/c1-4-10-8-11-6-5-7-12(3)9(2)13;/h4-7H2,1-3H3;1H. The molecule has 5 heteroatoms. The molecule has 0 atom stereocenters. The average Bonchev–Trinajstić information content (AvgIpc) is 2.10. The summed E-state index contributed by atoms with van der Waals surface area (Å²) in [6.45, 7) is 5.64. The van der Waals surface area contributed by atoms with Gasteiger partial charge in [-0.25, -0.2) is 9.98 Å². The molecule has 0 saturated heterocycles. The first-order valence-corrected chi connectivity index (χ1v) is 4.48. The fourth-order valence-corrected chi connectivity index (χ4v) is 0.715. The van der Waals surface area contributed by atoms with Gasteiger partial charge >= 0.3 is 0 Å². The molecular formula is C9H18ClN3O. The Bertz CT molecular complexity index is 212. The lowest BCUT2D eigenvalue weighted by atomic mass is 10.4. The summed E-state index contributed by atoms with van der Waals surface area (Å²) in [4.78, 5) is 20.2. The lowest BCUT2D eigenvalue weighted by Crippen LogP contribution is -2.25. The Kier molecular flexibility index (Phi) is 11.4. The molecule has 0 aliphatic carbocycles. The molecule has 1 amide bonds. The lowest BCUT2D eigenvalue weighted by molar-refractivity contribution is -0.127. The van der Waals surface area contributed by atoms with Gasteiger partial charge in [-0.05, 0) is 13.3 Å². The van der Waals surface area contributed by atoms with Crippen LogP contribution in [0.4, 0.5) is 0 Å². The molecule has 0 rings (SSSR count). The van der Waals surface area contributed by atoms with Gasteiger partial charge in [0, 0.05) is 27.1 Å². The predicted molar refractivity (Wildman–Crippen MR) is 60.4 cm³/mol. The monoisotopic (exact) mass is 219 g/mol. The summed E-state index contributed by atoms with van der Waals surface area (Å²) in [5.74, 6) is 0.0891. The highest BCUT2D eigenvalue weighted by molar-refractivity contribution is 5.85. The van der Waals surface area contributed by atoms with Crippen molar-refractivity contribution in [2.75, 3.05) is 26.7 Å². The van der Waals surface area contributed by atoms with Crippen molar-refractivity contribution in [3.8, 4) is 0 Å². The molecule has 0 spiro atoms. The molecule has 0 aromatic heterocycles. The Morgan fingerprint density at radius 1 is 1.43 bits per heavy atom. The molecule has 0 aromatic carbocycles. The zero-order chi connectivity index (χ0) is 10.1. The molecule has 0 unspecified atom stereocenters. The Hall–Kier alpha value is -0.860. The van der Waals surface area contributed by atoms with E-state index < -0.39 is 0 Å². The molecule has 0 fully saturated rings. The van der Waals surface area contributed by atoms with E-state index in [-0.39, 0.29) is 18.3 Å². The maximum absolute atomic E-state index is 10.8. The highest BCUT2D eigenvalue weighted by Gasteiger charge is 1.99. The summed E-state index contributed by atoms with van der Waals surface area (Å²) in [5.41, 5.74) is 0. The van der Waals surface area contributed by atoms with Crippen molar-refractivity contribution in [2.45, 2.75) is 20.3 Å². The maximum atomic E-state index is 10.8. The molecule has 0 bridgehead atoms. The molecular weight excluding hydrogens is 202 g/mol. The number of halogens is 1. The summed E-state index contributed by atoms with van der Waals surface area (Å²) in [6.07, 6.45) is 0.863. The molecule has 0 aliphatic rings. The van der Waals surface area contributed by atoms with E-state index in [1.54, 1.807) is 18.9 Å². The summed E-state index contributed by atoms with van der Waals surface area (Å²) in [5, 5.41) is 0. The highest BCUT2D eigenvalue weighted by Crippen LogP contribution is 1.88. The molecule has 0 aromatic rings. The summed E-state index contributed by atoms with van der Waals surface area (Å²) in [7, 11) is 1.78. The van der Waals surface area contributed by atoms with Crippen molar-refractivity contribution in [3.05, 3.63) is 0 Å². The van der Waals surface area contributed by atoms with E-state index in [0.717, 1.165) is 19.5 Å².